The molecule has 4 heteroatoms. The molecule has 0 radical (unpaired) electrons. The predicted octanol–water partition coefficient (Wildman–Crippen LogP) is 3.43. The zero-order valence-electron chi connectivity index (χ0n) is 10.7. The fourth-order valence-corrected chi connectivity index (χ4v) is 2.96. The van der Waals surface area contributed by atoms with Gasteiger partial charge in [0, 0.05) is 17.8 Å². The van der Waals surface area contributed by atoms with Crippen molar-refractivity contribution in [2.45, 2.75) is 58.3 Å². The summed E-state index contributed by atoms with van der Waals surface area (Å²) in [5.41, 5.74) is 0.265. The van der Waals surface area contributed by atoms with Gasteiger partial charge in [-0.1, -0.05) is 43.6 Å². The van der Waals surface area contributed by atoms with Gasteiger partial charge in [-0.05, 0) is 18.3 Å². The lowest BCUT2D eigenvalue weighted by Gasteiger charge is -2.25. The number of hydrogen-bond acceptors (Lipinski definition) is 2. The molecule has 1 atom stereocenters. The van der Waals surface area contributed by atoms with Crippen LogP contribution < -0.4 is 0 Å². The molecule has 1 aromatic heterocycles. The molecule has 1 rings (SSSR count). The molecule has 0 bridgehead atoms. The molecule has 1 aromatic rings. The fraction of sp³-hybridized carbons (Fsp3) is 0.833. The van der Waals surface area contributed by atoms with Crippen molar-refractivity contribution >= 4 is 15.9 Å². The first kappa shape index (κ1) is 13.7. The van der Waals surface area contributed by atoms with Crippen LogP contribution in [0.2, 0.25) is 0 Å². The van der Waals surface area contributed by atoms with Gasteiger partial charge < -0.3 is 0 Å². The molecule has 0 saturated heterocycles. The maximum atomic E-state index is 4.36. The second-order valence-electron chi connectivity index (χ2n) is 5.23. The van der Waals surface area contributed by atoms with E-state index in [4.69, 9.17) is 0 Å². The first-order chi connectivity index (χ1) is 7.44. The van der Waals surface area contributed by atoms with Crippen molar-refractivity contribution in [2.75, 3.05) is 0 Å². The molecule has 0 aliphatic rings. The van der Waals surface area contributed by atoms with Gasteiger partial charge in [0.1, 0.15) is 12.2 Å². The average molecular weight is 288 g/mol. The van der Waals surface area contributed by atoms with Crippen LogP contribution in [0.5, 0.6) is 0 Å². The highest BCUT2D eigenvalue weighted by molar-refractivity contribution is 9.09. The normalized spacial score (nSPS) is 14.1. The molecule has 0 N–H and O–H groups in total. The van der Waals surface area contributed by atoms with Gasteiger partial charge in [0.25, 0.3) is 0 Å². The van der Waals surface area contributed by atoms with Crippen molar-refractivity contribution in [3.8, 4) is 0 Å². The first-order valence-corrected chi connectivity index (χ1v) is 6.87. The van der Waals surface area contributed by atoms with Gasteiger partial charge in [-0.3, -0.25) is 4.68 Å². The molecule has 1 heterocycles. The second-order valence-corrected chi connectivity index (χ2v) is 6.79. The van der Waals surface area contributed by atoms with E-state index in [1.165, 1.54) is 0 Å². The maximum absolute atomic E-state index is 4.36. The van der Waals surface area contributed by atoms with E-state index in [0.717, 1.165) is 31.6 Å². The molecule has 3 nitrogen and oxygen atoms in total. The van der Waals surface area contributed by atoms with Gasteiger partial charge >= 0.3 is 0 Å². The van der Waals surface area contributed by atoms with Crippen LogP contribution in [0.15, 0.2) is 6.33 Å². The third-order valence-corrected chi connectivity index (χ3v) is 2.93. The smallest absolute Gasteiger partial charge is 0.138 e. The summed E-state index contributed by atoms with van der Waals surface area (Å²) in [5.74, 6) is 1.11. The minimum atomic E-state index is 0.265. The second kappa shape index (κ2) is 5.80. The van der Waals surface area contributed by atoms with E-state index >= 15 is 0 Å². The summed E-state index contributed by atoms with van der Waals surface area (Å²) < 4.78 is 2.03. The largest absolute Gasteiger partial charge is 0.250 e. The lowest BCUT2D eigenvalue weighted by Crippen LogP contribution is -2.21. The molecule has 1 unspecified atom stereocenters. The molecule has 92 valence electrons. The number of aryl methyl sites for hydroxylation is 1. The third-order valence-electron chi connectivity index (χ3n) is 2.60. The standard InChI is InChI=1S/C12H22BrN3/c1-5-6-16-11(14-9-15-16)8-12(3,4)7-10(2)13/h9-10H,5-8H2,1-4H3. The number of nitrogens with zero attached hydrogens (tertiary/aromatic N) is 3. The Balaban J connectivity index is 2.67. The molecule has 0 aromatic carbocycles. The van der Waals surface area contributed by atoms with Crippen molar-refractivity contribution in [3.05, 3.63) is 12.2 Å². The molecular weight excluding hydrogens is 266 g/mol. The quantitative estimate of drug-likeness (QED) is 0.751. The highest BCUT2D eigenvalue weighted by atomic mass is 79.9. The topological polar surface area (TPSA) is 30.7 Å². The van der Waals surface area contributed by atoms with E-state index < -0.39 is 0 Å². The summed E-state index contributed by atoms with van der Waals surface area (Å²) in [5, 5.41) is 4.26. The monoisotopic (exact) mass is 287 g/mol. The zero-order chi connectivity index (χ0) is 12.2. The summed E-state index contributed by atoms with van der Waals surface area (Å²) >= 11 is 3.62. The van der Waals surface area contributed by atoms with Crippen LogP contribution in [0, 0.1) is 5.41 Å². The minimum Gasteiger partial charge on any atom is -0.250 e. The van der Waals surface area contributed by atoms with Crippen molar-refractivity contribution < 1.29 is 0 Å². The number of alkyl halides is 1. The van der Waals surface area contributed by atoms with Crippen molar-refractivity contribution in [1.82, 2.24) is 14.8 Å². The molecule has 0 spiro atoms. The molecule has 0 aliphatic carbocycles. The third kappa shape index (κ3) is 4.24. The Labute approximate surface area is 107 Å². The first-order valence-electron chi connectivity index (χ1n) is 5.95. The van der Waals surface area contributed by atoms with E-state index in [9.17, 15) is 0 Å². The van der Waals surface area contributed by atoms with Crippen LogP contribution >= 0.6 is 15.9 Å². The van der Waals surface area contributed by atoms with E-state index in [-0.39, 0.29) is 5.41 Å². The van der Waals surface area contributed by atoms with Crippen molar-refractivity contribution in [2.24, 2.45) is 5.41 Å². The summed E-state index contributed by atoms with van der Waals surface area (Å²) in [6.45, 7) is 9.90. The van der Waals surface area contributed by atoms with Gasteiger partial charge in [0.2, 0.25) is 0 Å². The zero-order valence-corrected chi connectivity index (χ0v) is 12.3. The number of rotatable bonds is 6. The number of hydrogen-bond donors (Lipinski definition) is 0. The van der Waals surface area contributed by atoms with Gasteiger partial charge in [-0.15, -0.1) is 0 Å². The summed E-state index contributed by atoms with van der Waals surface area (Å²) in [6.07, 6.45) is 4.90. The highest BCUT2D eigenvalue weighted by Gasteiger charge is 2.23. The van der Waals surface area contributed by atoms with Crippen LogP contribution in [0.25, 0.3) is 0 Å². The molecule has 0 saturated carbocycles. The van der Waals surface area contributed by atoms with Gasteiger partial charge in [-0.2, -0.15) is 5.10 Å². The van der Waals surface area contributed by atoms with E-state index in [0.29, 0.717) is 4.83 Å². The summed E-state index contributed by atoms with van der Waals surface area (Å²) in [6, 6.07) is 0. The van der Waals surface area contributed by atoms with Crippen LogP contribution in [-0.2, 0) is 13.0 Å². The fourth-order valence-electron chi connectivity index (χ4n) is 2.09. The number of aromatic nitrogens is 3. The molecule has 0 aliphatic heterocycles. The summed E-state index contributed by atoms with van der Waals surface area (Å²) in [7, 11) is 0. The Morgan fingerprint density at radius 2 is 2.19 bits per heavy atom. The Bertz CT molecular complexity index is 318. The predicted molar refractivity (Wildman–Crippen MR) is 70.8 cm³/mol. The van der Waals surface area contributed by atoms with Gasteiger partial charge in [0.15, 0.2) is 0 Å². The van der Waals surface area contributed by atoms with Crippen LogP contribution in [-0.4, -0.2) is 19.6 Å². The van der Waals surface area contributed by atoms with E-state index in [2.05, 4.69) is 53.7 Å². The Morgan fingerprint density at radius 3 is 2.75 bits per heavy atom. The molecule has 16 heavy (non-hydrogen) atoms. The van der Waals surface area contributed by atoms with Gasteiger partial charge in [-0.25, -0.2) is 4.98 Å². The van der Waals surface area contributed by atoms with Crippen molar-refractivity contribution in [1.29, 1.82) is 0 Å². The average Bonchev–Trinajstić information content (AvgIpc) is 2.50. The van der Waals surface area contributed by atoms with E-state index in [1.54, 1.807) is 6.33 Å². The molecular formula is C12H22BrN3. The summed E-state index contributed by atoms with van der Waals surface area (Å²) in [4.78, 5) is 4.91. The van der Waals surface area contributed by atoms with Crippen LogP contribution in [0.1, 0.15) is 46.4 Å². The Hall–Kier alpha value is -0.380. The van der Waals surface area contributed by atoms with Crippen molar-refractivity contribution in [3.63, 3.8) is 0 Å². The van der Waals surface area contributed by atoms with Crippen LogP contribution in [0.3, 0.4) is 0 Å². The molecule has 0 fully saturated rings. The van der Waals surface area contributed by atoms with E-state index in [1.807, 2.05) is 4.68 Å². The minimum absolute atomic E-state index is 0.265. The SMILES string of the molecule is CCCn1ncnc1CC(C)(C)CC(C)Br. The lowest BCUT2D eigenvalue weighted by molar-refractivity contribution is 0.319. The van der Waals surface area contributed by atoms with Gasteiger partial charge in [0.05, 0.1) is 0 Å². The Kier molecular flexibility index (Phi) is 4.96. The lowest BCUT2D eigenvalue weighted by atomic mass is 9.84. The number of halogens is 1. The molecule has 0 amide bonds. The highest BCUT2D eigenvalue weighted by Crippen LogP contribution is 2.29. The Morgan fingerprint density at radius 1 is 1.50 bits per heavy atom. The van der Waals surface area contributed by atoms with Crippen LogP contribution in [0.4, 0.5) is 0 Å². The maximum Gasteiger partial charge on any atom is 0.138 e.